The molecule has 1 amide bonds. The van der Waals surface area contributed by atoms with E-state index in [2.05, 4.69) is 10.1 Å². The zero-order chi connectivity index (χ0) is 12.3. The van der Waals surface area contributed by atoms with Crippen molar-refractivity contribution in [3.05, 3.63) is 0 Å². The molecule has 1 aliphatic rings. The van der Waals surface area contributed by atoms with Gasteiger partial charge in [0.2, 0.25) is 0 Å². The van der Waals surface area contributed by atoms with Crippen LogP contribution >= 0.6 is 0 Å². The van der Waals surface area contributed by atoms with Crippen molar-refractivity contribution in [3.8, 4) is 0 Å². The molecule has 0 aromatic rings. The van der Waals surface area contributed by atoms with Gasteiger partial charge >= 0.3 is 11.9 Å². The summed E-state index contributed by atoms with van der Waals surface area (Å²) in [5, 5.41) is 11.5. The molecule has 0 unspecified atom stereocenters. The van der Waals surface area contributed by atoms with Crippen molar-refractivity contribution in [2.75, 3.05) is 18.1 Å². The van der Waals surface area contributed by atoms with E-state index in [1.807, 2.05) is 0 Å². The topological polar surface area (TPSA) is 110 Å². The molecule has 8 heteroatoms. The average molecular weight is 251 g/mol. The van der Waals surface area contributed by atoms with Gasteiger partial charge in [-0.1, -0.05) is 0 Å². The number of nitrogens with one attached hydrogen (secondary N) is 1. The predicted octanol–water partition coefficient (Wildman–Crippen LogP) is -2.18. The average Bonchev–Trinajstić information content (AvgIpc) is 2.40. The van der Waals surface area contributed by atoms with E-state index in [0.717, 1.165) is 0 Å². The van der Waals surface area contributed by atoms with Gasteiger partial charge in [0.15, 0.2) is 9.84 Å². The summed E-state index contributed by atoms with van der Waals surface area (Å²) in [6.45, 7) is 1.60. The number of amides is 1. The minimum atomic E-state index is -3.35. The smallest absolute Gasteiger partial charge is 0.396 e. The molecule has 1 fully saturated rings. The van der Waals surface area contributed by atoms with E-state index in [4.69, 9.17) is 0 Å². The normalized spacial score (nSPS) is 27.4. The number of hydrogen-bond acceptors (Lipinski definition) is 6. The Morgan fingerprint density at radius 3 is 2.50 bits per heavy atom. The van der Waals surface area contributed by atoms with Crippen molar-refractivity contribution in [2.45, 2.75) is 19.1 Å². The van der Waals surface area contributed by atoms with Gasteiger partial charge in [0, 0.05) is 0 Å². The largest absolute Gasteiger partial charge is 0.459 e. The lowest BCUT2D eigenvalue weighted by atomic mass is 10.2. The minimum absolute atomic E-state index is 0.0533. The number of aliphatic hydroxyl groups is 1. The van der Waals surface area contributed by atoms with Gasteiger partial charge in [0.1, 0.15) is 0 Å². The predicted molar refractivity (Wildman–Crippen MR) is 53.2 cm³/mol. The maximum atomic E-state index is 11.2. The fourth-order valence-electron chi connectivity index (χ4n) is 1.39. The van der Waals surface area contributed by atoms with Crippen LogP contribution in [0.25, 0.3) is 0 Å². The van der Waals surface area contributed by atoms with Crippen molar-refractivity contribution < 1.29 is 27.9 Å². The third kappa shape index (κ3) is 3.17. The highest BCUT2D eigenvalue weighted by molar-refractivity contribution is 7.91. The van der Waals surface area contributed by atoms with E-state index in [1.54, 1.807) is 6.92 Å². The molecule has 2 atom stereocenters. The highest BCUT2D eigenvalue weighted by Crippen LogP contribution is 2.12. The molecule has 0 aromatic heterocycles. The van der Waals surface area contributed by atoms with Crippen LogP contribution in [0.1, 0.15) is 6.92 Å². The first kappa shape index (κ1) is 12.9. The Hall–Kier alpha value is -1.15. The summed E-state index contributed by atoms with van der Waals surface area (Å²) in [5.41, 5.74) is 0. The van der Waals surface area contributed by atoms with Crippen LogP contribution in [0.4, 0.5) is 0 Å². The third-order valence-corrected chi connectivity index (χ3v) is 3.82. The minimum Gasteiger partial charge on any atom is -0.459 e. The van der Waals surface area contributed by atoms with Gasteiger partial charge in [-0.25, -0.2) is 13.2 Å². The zero-order valence-corrected chi connectivity index (χ0v) is 9.49. The number of aliphatic hydroxyl groups excluding tert-OH is 1. The van der Waals surface area contributed by atoms with Crippen LogP contribution in [-0.2, 0) is 24.2 Å². The second-order valence-corrected chi connectivity index (χ2v) is 5.60. The number of carbonyl (C=O) groups excluding carboxylic acids is 2. The molecule has 2 N–H and O–H groups in total. The van der Waals surface area contributed by atoms with Crippen molar-refractivity contribution in [1.29, 1.82) is 0 Å². The number of sulfone groups is 1. The van der Waals surface area contributed by atoms with Gasteiger partial charge in [-0.05, 0) is 6.92 Å². The Morgan fingerprint density at radius 2 is 2.06 bits per heavy atom. The first-order chi connectivity index (χ1) is 7.35. The van der Waals surface area contributed by atoms with E-state index >= 15 is 0 Å². The highest BCUT2D eigenvalue weighted by Gasteiger charge is 2.38. The second kappa shape index (κ2) is 4.79. The van der Waals surface area contributed by atoms with Gasteiger partial charge in [0.05, 0.1) is 30.3 Å². The summed E-state index contributed by atoms with van der Waals surface area (Å²) < 4.78 is 26.6. The lowest BCUT2D eigenvalue weighted by Crippen LogP contribution is -2.46. The second-order valence-electron chi connectivity index (χ2n) is 3.44. The van der Waals surface area contributed by atoms with Crippen molar-refractivity contribution in [2.24, 2.45) is 0 Å². The van der Waals surface area contributed by atoms with Crippen molar-refractivity contribution >= 4 is 21.7 Å². The number of carbonyl (C=O) groups is 2. The summed E-state index contributed by atoms with van der Waals surface area (Å²) in [6, 6.07) is -0.943. The molecule has 1 saturated heterocycles. The van der Waals surface area contributed by atoms with E-state index in [9.17, 15) is 23.1 Å². The molecule has 1 rings (SSSR count). The molecule has 7 nitrogen and oxygen atoms in total. The van der Waals surface area contributed by atoms with Crippen LogP contribution < -0.4 is 5.32 Å². The summed E-state index contributed by atoms with van der Waals surface area (Å²) in [5.74, 6) is -2.89. The van der Waals surface area contributed by atoms with E-state index in [0.29, 0.717) is 0 Å². The zero-order valence-electron chi connectivity index (χ0n) is 8.67. The fourth-order valence-corrected chi connectivity index (χ4v) is 3.13. The molecule has 0 aromatic carbocycles. The third-order valence-electron chi connectivity index (χ3n) is 2.10. The Kier molecular flexibility index (Phi) is 3.87. The molecule has 0 bridgehead atoms. The highest BCUT2D eigenvalue weighted by atomic mass is 32.2. The molecule has 1 aliphatic heterocycles. The number of rotatable bonds is 2. The Balaban J connectivity index is 2.56. The van der Waals surface area contributed by atoms with Crippen LogP contribution in [0.5, 0.6) is 0 Å². The maximum absolute atomic E-state index is 11.2. The summed E-state index contributed by atoms with van der Waals surface area (Å²) in [7, 11) is -3.35. The molecule has 0 aliphatic carbocycles. The molecular formula is C8H13NO6S. The first-order valence-electron chi connectivity index (χ1n) is 4.72. The quantitative estimate of drug-likeness (QED) is 0.426. The molecule has 0 spiro atoms. The van der Waals surface area contributed by atoms with Crippen LogP contribution in [0.15, 0.2) is 0 Å². The van der Waals surface area contributed by atoms with Crippen LogP contribution in [0.2, 0.25) is 0 Å². The molecule has 92 valence electrons. The van der Waals surface area contributed by atoms with Gasteiger partial charge in [-0.15, -0.1) is 0 Å². The van der Waals surface area contributed by atoms with E-state index in [-0.39, 0.29) is 12.4 Å². The monoisotopic (exact) mass is 251 g/mol. The van der Waals surface area contributed by atoms with Crippen LogP contribution in [-0.4, -0.2) is 55.7 Å². The van der Waals surface area contributed by atoms with Gasteiger partial charge in [-0.3, -0.25) is 4.79 Å². The van der Waals surface area contributed by atoms with Gasteiger partial charge < -0.3 is 15.2 Å². The molecule has 1 heterocycles. The molecule has 0 saturated carbocycles. The van der Waals surface area contributed by atoms with Crippen LogP contribution in [0.3, 0.4) is 0 Å². The Morgan fingerprint density at radius 1 is 1.44 bits per heavy atom. The lowest BCUT2D eigenvalue weighted by molar-refractivity contribution is -0.155. The summed E-state index contributed by atoms with van der Waals surface area (Å²) >= 11 is 0. The number of ether oxygens (including phenoxy) is 1. The van der Waals surface area contributed by atoms with Crippen molar-refractivity contribution in [3.63, 3.8) is 0 Å². The number of esters is 1. The lowest BCUT2D eigenvalue weighted by Gasteiger charge is -2.13. The Bertz CT molecular complexity index is 389. The Labute approximate surface area is 92.7 Å². The first-order valence-corrected chi connectivity index (χ1v) is 6.54. The molecule has 0 radical (unpaired) electrons. The van der Waals surface area contributed by atoms with E-state index < -0.39 is 39.6 Å². The maximum Gasteiger partial charge on any atom is 0.396 e. The van der Waals surface area contributed by atoms with Crippen LogP contribution in [0, 0.1) is 0 Å². The summed E-state index contributed by atoms with van der Waals surface area (Å²) in [6.07, 6.45) is -1.18. The van der Waals surface area contributed by atoms with Gasteiger partial charge in [0.25, 0.3) is 0 Å². The molecule has 16 heavy (non-hydrogen) atoms. The summed E-state index contributed by atoms with van der Waals surface area (Å²) in [4.78, 5) is 22.1. The SMILES string of the molecule is CCOC(=O)C(=O)N[C@@H]1CS(=O)(=O)C[C@H]1O. The fraction of sp³-hybridized carbons (Fsp3) is 0.750. The standard InChI is InChI=1S/C8H13NO6S/c1-2-15-8(12)7(11)9-5-3-16(13,14)4-6(5)10/h5-6,10H,2-4H2,1H3,(H,9,11)/t5-,6-/m1/s1. The number of hydrogen-bond donors (Lipinski definition) is 2. The van der Waals surface area contributed by atoms with Gasteiger partial charge in [-0.2, -0.15) is 0 Å². The molecular weight excluding hydrogens is 238 g/mol. The van der Waals surface area contributed by atoms with E-state index in [1.165, 1.54) is 0 Å². The van der Waals surface area contributed by atoms with Crippen molar-refractivity contribution in [1.82, 2.24) is 5.32 Å².